The Kier molecular flexibility index (Phi) is 8.05. The maximum atomic E-state index is 13.9. The van der Waals surface area contributed by atoms with Crippen LogP contribution in [0, 0.1) is 35.3 Å². The first kappa shape index (κ1) is 23.4. The molecule has 0 heterocycles. The van der Waals surface area contributed by atoms with E-state index >= 15 is 0 Å². The number of halogens is 6. The Balaban J connectivity index is 1.45. The van der Waals surface area contributed by atoms with E-state index in [1.54, 1.807) is 5.54 Å². The predicted octanol–water partition coefficient (Wildman–Crippen LogP) is 8.16. The van der Waals surface area contributed by atoms with Crippen molar-refractivity contribution in [1.82, 2.24) is 0 Å². The third-order valence-electron chi connectivity index (χ3n) is 6.84. The van der Waals surface area contributed by atoms with Crippen molar-refractivity contribution in [3.05, 3.63) is 40.9 Å². The minimum absolute atomic E-state index is 0.368. The summed E-state index contributed by atoms with van der Waals surface area (Å²) in [7, 11) is 0. The second-order valence-electron chi connectivity index (χ2n) is 8.75. The number of benzene rings is 1. The molecule has 0 radical (unpaired) electrons. The topological polar surface area (TPSA) is 9.23 Å². The molecule has 0 spiro atoms. The number of hydrogen-bond donors (Lipinski definition) is 0. The van der Waals surface area contributed by atoms with Gasteiger partial charge in [-0.15, -0.1) is 13.2 Å². The molecule has 1 nitrogen and oxygen atoms in total. The van der Waals surface area contributed by atoms with Crippen LogP contribution in [0.15, 0.2) is 23.7 Å². The molecule has 0 amide bonds. The van der Waals surface area contributed by atoms with Crippen LogP contribution in [0.4, 0.5) is 22.0 Å². The highest BCUT2D eigenvalue weighted by Crippen LogP contribution is 2.42. The molecule has 1 aromatic carbocycles. The van der Waals surface area contributed by atoms with Gasteiger partial charge in [-0.2, -0.15) is 0 Å². The van der Waals surface area contributed by atoms with Crippen molar-refractivity contribution in [2.45, 2.75) is 70.6 Å². The van der Waals surface area contributed by atoms with Crippen LogP contribution in [0.1, 0.15) is 63.4 Å². The molecular formula is C23H28ClF5O. The monoisotopic (exact) mass is 450 g/mol. The van der Waals surface area contributed by atoms with E-state index in [1.807, 2.05) is 0 Å². The molecule has 0 bridgehead atoms. The minimum Gasteiger partial charge on any atom is -0.399 e. The average Bonchev–Trinajstić information content (AvgIpc) is 2.70. The van der Waals surface area contributed by atoms with Gasteiger partial charge in [0.25, 0.3) is 0 Å². The van der Waals surface area contributed by atoms with Crippen LogP contribution in [0.2, 0.25) is 0 Å². The maximum Gasteiger partial charge on any atom is 0.573 e. The van der Waals surface area contributed by atoms with Gasteiger partial charge >= 0.3 is 6.36 Å². The average molecular weight is 451 g/mol. The van der Waals surface area contributed by atoms with Crippen molar-refractivity contribution in [2.24, 2.45) is 23.7 Å². The van der Waals surface area contributed by atoms with E-state index in [1.165, 1.54) is 38.5 Å². The van der Waals surface area contributed by atoms with Gasteiger partial charge in [0.05, 0.1) is 0 Å². The largest absolute Gasteiger partial charge is 0.573 e. The van der Waals surface area contributed by atoms with Crippen molar-refractivity contribution in [1.29, 1.82) is 0 Å². The van der Waals surface area contributed by atoms with Gasteiger partial charge in [0.1, 0.15) is 0 Å². The Bertz CT molecular complexity index is 694. The highest BCUT2D eigenvalue weighted by atomic mass is 35.5. The lowest BCUT2D eigenvalue weighted by atomic mass is 9.68. The molecule has 0 atom stereocenters. The van der Waals surface area contributed by atoms with Crippen LogP contribution < -0.4 is 4.74 Å². The van der Waals surface area contributed by atoms with Crippen LogP contribution in [-0.4, -0.2) is 6.36 Å². The summed E-state index contributed by atoms with van der Waals surface area (Å²) in [6, 6.07) is 1.90. The van der Waals surface area contributed by atoms with Crippen LogP contribution in [0.25, 0.3) is 0 Å². The van der Waals surface area contributed by atoms with Gasteiger partial charge in [0.15, 0.2) is 11.6 Å². The summed E-state index contributed by atoms with van der Waals surface area (Å²) < 4.78 is 67.9. The molecule has 0 saturated heterocycles. The van der Waals surface area contributed by atoms with Gasteiger partial charge in [0.2, 0.25) is 5.75 Å². The Hall–Kier alpha value is -1.30. The van der Waals surface area contributed by atoms with E-state index in [9.17, 15) is 22.0 Å². The molecule has 7 heteroatoms. The summed E-state index contributed by atoms with van der Waals surface area (Å²) in [5, 5.41) is 0. The van der Waals surface area contributed by atoms with Gasteiger partial charge in [-0.1, -0.05) is 30.5 Å². The summed E-state index contributed by atoms with van der Waals surface area (Å²) in [6.07, 6.45) is 7.72. The van der Waals surface area contributed by atoms with Gasteiger partial charge in [-0.05, 0) is 92.7 Å². The van der Waals surface area contributed by atoms with Crippen molar-refractivity contribution < 1.29 is 26.7 Å². The lowest BCUT2D eigenvalue weighted by Gasteiger charge is -2.37. The quantitative estimate of drug-likeness (QED) is 0.397. The number of ether oxygens (including phenoxy) is 1. The molecule has 2 fully saturated rings. The van der Waals surface area contributed by atoms with E-state index in [2.05, 4.69) is 10.8 Å². The Morgan fingerprint density at radius 2 is 1.43 bits per heavy atom. The first-order valence-electron chi connectivity index (χ1n) is 10.8. The first-order valence-corrected chi connectivity index (χ1v) is 11.2. The van der Waals surface area contributed by atoms with E-state index in [-0.39, 0.29) is 0 Å². The number of hydrogen-bond acceptors (Lipinski definition) is 1. The fraction of sp³-hybridized carbons (Fsp3) is 0.652. The molecule has 2 aliphatic carbocycles. The SMILES string of the molecule is Fc1cc(CCC2CCC(C3CCC(/C=C/Cl)CC3)CC2)cc(F)c1OC(F)(F)F. The fourth-order valence-corrected chi connectivity index (χ4v) is 5.41. The van der Waals surface area contributed by atoms with E-state index < -0.39 is 23.7 Å². The summed E-state index contributed by atoms with van der Waals surface area (Å²) in [6.45, 7) is 0. The molecule has 168 valence electrons. The van der Waals surface area contributed by atoms with Gasteiger partial charge in [-0.3, -0.25) is 0 Å². The first-order chi connectivity index (χ1) is 14.2. The van der Waals surface area contributed by atoms with Crippen molar-refractivity contribution in [2.75, 3.05) is 0 Å². The molecule has 0 aliphatic heterocycles. The smallest absolute Gasteiger partial charge is 0.399 e. The van der Waals surface area contributed by atoms with E-state index in [4.69, 9.17) is 11.6 Å². The van der Waals surface area contributed by atoms with Crippen LogP contribution in [-0.2, 0) is 6.42 Å². The number of allylic oxidation sites excluding steroid dienone is 1. The molecule has 3 rings (SSSR count). The van der Waals surface area contributed by atoms with Crippen LogP contribution in [0.3, 0.4) is 0 Å². The van der Waals surface area contributed by atoms with Crippen molar-refractivity contribution in [3.8, 4) is 5.75 Å². The summed E-state index contributed by atoms with van der Waals surface area (Å²) >= 11 is 5.69. The zero-order chi connectivity index (χ0) is 21.7. The molecule has 2 saturated carbocycles. The third-order valence-corrected chi connectivity index (χ3v) is 6.98. The fourth-order valence-electron chi connectivity index (χ4n) is 5.20. The second-order valence-corrected chi connectivity index (χ2v) is 9.00. The molecule has 30 heavy (non-hydrogen) atoms. The maximum absolute atomic E-state index is 13.9. The Morgan fingerprint density at radius 1 is 0.900 bits per heavy atom. The van der Waals surface area contributed by atoms with Crippen LogP contribution >= 0.6 is 11.6 Å². The number of aryl methyl sites for hydroxylation is 1. The standard InChI is InChI=1S/C23H28ClF5O/c24-12-11-16-5-9-19(10-6-16)18-7-3-15(4-8-18)1-2-17-13-20(25)22(21(26)14-17)30-23(27,28)29/h11-16,18-19H,1-10H2/b12-11+. The van der Waals surface area contributed by atoms with Crippen molar-refractivity contribution in [3.63, 3.8) is 0 Å². The molecule has 0 unspecified atom stereocenters. The molecule has 1 aromatic rings. The molecule has 0 N–H and O–H groups in total. The third kappa shape index (κ3) is 6.60. The lowest BCUT2D eigenvalue weighted by molar-refractivity contribution is -0.276. The predicted molar refractivity (Wildman–Crippen MR) is 107 cm³/mol. The lowest BCUT2D eigenvalue weighted by Crippen LogP contribution is -2.25. The normalized spacial score (nSPS) is 28.1. The number of alkyl halides is 3. The van der Waals surface area contributed by atoms with Gasteiger partial charge < -0.3 is 4.74 Å². The Morgan fingerprint density at radius 3 is 1.93 bits per heavy atom. The van der Waals surface area contributed by atoms with Crippen LogP contribution in [0.5, 0.6) is 5.75 Å². The number of rotatable bonds is 6. The highest BCUT2D eigenvalue weighted by molar-refractivity contribution is 6.25. The summed E-state index contributed by atoms with van der Waals surface area (Å²) in [4.78, 5) is 0. The second kappa shape index (κ2) is 10.3. The van der Waals surface area contributed by atoms with E-state index in [0.29, 0.717) is 23.8 Å². The molecular weight excluding hydrogens is 423 g/mol. The molecule has 0 aromatic heterocycles. The highest BCUT2D eigenvalue weighted by Gasteiger charge is 2.34. The zero-order valence-corrected chi connectivity index (χ0v) is 17.6. The summed E-state index contributed by atoms with van der Waals surface area (Å²) in [5.74, 6) is -1.36. The molecule has 2 aliphatic rings. The van der Waals surface area contributed by atoms with Gasteiger partial charge in [0, 0.05) is 5.54 Å². The Labute approximate surface area is 179 Å². The van der Waals surface area contributed by atoms with E-state index in [0.717, 1.165) is 43.2 Å². The minimum atomic E-state index is -5.12. The zero-order valence-electron chi connectivity index (χ0n) is 16.9. The van der Waals surface area contributed by atoms with Crippen molar-refractivity contribution >= 4 is 11.6 Å². The van der Waals surface area contributed by atoms with Gasteiger partial charge in [-0.25, -0.2) is 8.78 Å². The summed E-state index contributed by atoms with van der Waals surface area (Å²) in [5.41, 5.74) is 2.00.